The maximum absolute atomic E-state index is 11.2. The summed E-state index contributed by atoms with van der Waals surface area (Å²) in [7, 11) is 2.99. The van der Waals surface area contributed by atoms with E-state index in [1.807, 2.05) is 6.92 Å². The second kappa shape index (κ2) is 4.86. The van der Waals surface area contributed by atoms with E-state index >= 15 is 0 Å². The first kappa shape index (κ1) is 12.3. The molecule has 1 amide bonds. The molecule has 0 aliphatic carbocycles. The van der Waals surface area contributed by atoms with Gasteiger partial charge < -0.3 is 4.74 Å². The van der Waals surface area contributed by atoms with Crippen LogP contribution in [0, 0.1) is 18.3 Å². The van der Waals surface area contributed by atoms with Gasteiger partial charge in [0.05, 0.1) is 12.8 Å². The van der Waals surface area contributed by atoms with Crippen molar-refractivity contribution >= 4 is 23.2 Å². The van der Waals surface area contributed by atoms with Crippen LogP contribution in [-0.4, -0.2) is 20.1 Å². The van der Waals surface area contributed by atoms with Gasteiger partial charge in [-0.1, -0.05) is 11.6 Å². The number of nitriles is 1. The molecule has 0 radical (unpaired) electrons. The molecule has 16 heavy (non-hydrogen) atoms. The summed E-state index contributed by atoms with van der Waals surface area (Å²) in [6.45, 7) is 1.83. The van der Waals surface area contributed by atoms with E-state index in [1.54, 1.807) is 12.1 Å². The fraction of sp³-hybridized carbons (Fsp3) is 0.273. The van der Waals surface area contributed by atoms with Crippen molar-refractivity contribution in [2.24, 2.45) is 0 Å². The number of carbonyl (C=O) groups excluding carboxylic acids is 1. The highest BCUT2D eigenvalue weighted by molar-refractivity contribution is 6.31. The quantitative estimate of drug-likeness (QED) is 0.742. The Morgan fingerprint density at radius 1 is 1.56 bits per heavy atom. The third kappa shape index (κ3) is 2.26. The van der Waals surface area contributed by atoms with Gasteiger partial charge >= 0.3 is 5.91 Å². The van der Waals surface area contributed by atoms with Crippen LogP contribution in [0.5, 0.6) is 5.75 Å². The average Bonchev–Trinajstić information content (AvgIpc) is 2.30. The Bertz CT molecular complexity index is 466. The number of hydrogen-bond acceptors (Lipinski definition) is 3. The van der Waals surface area contributed by atoms with Crippen molar-refractivity contribution in [3.63, 3.8) is 0 Å². The second-order valence-corrected chi connectivity index (χ2v) is 3.66. The minimum atomic E-state index is -0.668. The highest BCUT2D eigenvalue weighted by Crippen LogP contribution is 2.33. The Balaban J connectivity index is 3.28. The molecular formula is C11H11ClN2O2. The largest absolute Gasteiger partial charge is 0.495 e. The number of anilines is 1. The number of amides is 1. The Hall–Kier alpha value is -1.73. The number of carbonyl (C=O) groups is 1. The van der Waals surface area contributed by atoms with E-state index in [1.165, 1.54) is 25.1 Å². The molecular weight excluding hydrogens is 228 g/mol. The normalized spacial score (nSPS) is 9.44. The van der Waals surface area contributed by atoms with E-state index < -0.39 is 5.91 Å². The molecule has 0 unspecified atom stereocenters. The number of halogens is 1. The minimum Gasteiger partial charge on any atom is -0.495 e. The number of benzene rings is 1. The minimum absolute atomic E-state index is 0.477. The zero-order chi connectivity index (χ0) is 12.3. The zero-order valence-electron chi connectivity index (χ0n) is 9.24. The van der Waals surface area contributed by atoms with Gasteiger partial charge in [0, 0.05) is 12.1 Å². The third-order valence-electron chi connectivity index (χ3n) is 2.22. The van der Waals surface area contributed by atoms with Gasteiger partial charge in [0.1, 0.15) is 5.75 Å². The van der Waals surface area contributed by atoms with Crippen LogP contribution in [0.3, 0.4) is 0 Å². The van der Waals surface area contributed by atoms with Crippen molar-refractivity contribution in [3.8, 4) is 11.8 Å². The molecule has 4 nitrogen and oxygen atoms in total. The highest BCUT2D eigenvalue weighted by atomic mass is 35.5. The summed E-state index contributed by atoms with van der Waals surface area (Å²) < 4.78 is 5.14. The smallest absolute Gasteiger partial charge is 0.329 e. The number of nitrogens with zero attached hydrogens (tertiary/aromatic N) is 2. The van der Waals surface area contributed by atoms with E-state index in [0.29, 0.717) is 16.5 Å². The molecule has 0 aliphatic rings. The second-order valence-electron chi connectivity index (χ2n) is 3.25. The molecule has 0 saturated carbocycles. The van der Waals surface area contributed by atoms with Crippen molar-refractivity contribution in [1.29, 1.82) is 5.26 Å². The summed E-state index contributed by atoms with van der Waals surface area (Å²) in [5.74, 6) is -0.161. The Morgan fingerprint density at radius 2 is 2.19 bits per heavy atom. The maximum Gasteiger partial charge on any atom is 0.329 e. The van der Waals surface area contributed by atoms with Gasteiger partial charge in [-0.25, -0.2) is 0 Å². The SMILES string of the molecule is COc1cc(C)c(Cl)cc1N(C)C(=O)C#N. The number of rotatable bonds is 2. The first-order valence-electron chi connectivity index (χ1n) is 4.53. The molecule has 0 atom stereocenters. The Morgan fingerprint density at radius 3 is 2.69 bits per heavy atom. The van der Waals surface area contributed by atoms with Crippen LogP contribution in [0.1, 0.15) is 5.56 Å². The van der Waals surface area contributed by atoms with Gasteiger partial charge in [0.15, 0.2) is 6.07 Å². The van der Waals surface area contributed by atoms with Crippen LogP contribution in [0.4, 0.5) is 5.69 Å². The van der Waals surface area contributed by atoms with Crippen molar-refractivity contribution in [1.82, 2.24) is 0 Å². The summed E-state index contributed by atoms with van der Waals surface area (Å²) in [5.41, 5.74) is 1.32. The lowest BCUT2D eigenvalue weighted by atomic mass is 10.2. The molecule has 0 bridgehead atoms. The maximum atomic E-state index is 11.2. The van der Waals surface area contributed by atoms with Crippen LogP contribution >= 0.6 is 11.6 Å². The van der Waals surface area contributed by atoms with E-state index in [4.69, 9.17) is 21.6 Å². The molecule has 0 saturated heterocycles. The summed E-state index contributed by atoms with van der Waals surface area (Å²) in [6.07, 6.45) is 0. The lowest BCUT2D eigenvalue weighted by Crippen LogP contribution is -2.24. The lowest BCUT2D eigenvalue weighted by Gasteiger charge is -2.18. The number of aryl methyl sites for hydroxylation is 1. The molecule has 0 N–H and O–H groups in total. The van der Waals surface area contributed by atoms with Gasteiger partial charge in [-0.3, -0.25) is 9.69 Å². The first-order valence-corrected chi connectivity index (χ1v) is 4.91. The van der Waals surface area contributed by atoms with Crippen molar-refractivity contribution in [2.45, 2.75) is 6.92 Å². The number of ether oxygens (including phenoxy) is 1. The summed E-state index contributed by atoms with van der Waals surface area (Å²) >= 11 is 5.96. The molecule has 1 aromatic rings. The molecule has 5 heteroatoms. The van der Waals surface area contributed by atoms with Gasteiger partial charge in [0.2, 0.25) is 0 Å². The van der Waals surface area contributed by atoms with Crippen molar-refractivity contribution in [3.05, 3.63) is 22.7 Å². The topological polar surface area (TPSA) is 53.3 Å². The Labute approximate surface area is 99.0 Å². The fourth-order valence-electron chi connectivity index (χ4n) is 1.25. The predicted octanol–water partition coefficient (Wildman–Crippen LogP) is 2.14. The van der Waals surface area contributed by atoms with Crippen molar-refractivity contribution in [2.75, 3.05) is 19.1 Å². The lowest BCUT2D eigenvalue weighted by molar-refractivity contribution is -0.113. The molecule has 1 aromatic carbocycles. The molecule has 1 rings (SSSR count). The van der Waals surface area contributed by atoms with E-state index in [0.717, 1.165) is 5.56 Å². The average molecular weight is 239 g/mol. The van der Waals surface area contributed by atoms with E-state index in [2.05, 4.69) is 0 Å². The molecule has 0 spiro atoms. The predicted molar refractivity (Wildman–Crippen MR) is 61.8 cm³/mol. The Kier molecular flexibility index (Phi) is 3.75. The molecule has 0 aromatic heterocycles. The van der Waals surface area contributed by atoms with Gasteiger partial charge in [-0.15, -0.1) is 0 Å². The molecule has 0 heterocycles. The van der Waals surface area contributed by atoms with Gasteiger partial charge in [-0.05, 0) is 24.6 Å². The summed E-state index contributed by atoms with van der Waals surface area (Å²) in [6, 6.07) is 4.86. The summed E-state index contributed by atoms with van der Waals surface area (Å²) in [4.78, 5) is 12.4. The van der Waals surface area contributed by atoms with E-state index in [-0.39, 0.29) is 0 Å². The number of methoxy groups -OCH3 is 1. The van der Waals surface area contributed by atoms with Gasteiger partial charge in [0.25, 0.3) is 0 Å². The van der Waals surface area contributed by atoms with Crippen molar-refractivity contribution < 1.29 is 9.53 Å². The molecule has 0 aliphatic heterocycles. The monoisotopic (exact) mass is 238 g/mol. The van der Waals surface area contributed by atoms with Crippen LogP contribution in [-0.2, 0) is 4.79 Å². The van der Waals surface area contributed by atoms with E-state index in [9.17, 15) is 4.79 Å². The van der Waals surface area contributed by atoms with Gasteiger partial charge in [-0.2, -0.15) is 5.26 Å². The standard InChI is InChI=1S/C11H11ClN2O2/c1-7-4-10(16-3)9(5-8(7)12)14(2)11(15)6-13/h4-5H,1-3H3. The summed E-state index contributed by atoms with van der Waals surface area (Å²) in [5, 5.41) is 9.06. The fourth-order valence-corrected chi connectivity index (χ4v) is 1.41. The molecule has 84 valence electrons. The van der Waals surface area contributed by atoms with Crippen LogP contribution in [0.25, 0.3) is 0 Å². The van der Waals surface area contributed by atoms with Crippen LogP contribution < -0.4 is 9.64 Å². The number of hydrogen-bond donors (Lipinski definition) is 0. The zero-order valence-corrected chi connectivity index (χ0v) is 10.00. The van der Waals surface area contributed by atoms with Crippen LogP contribution in [0.15, 0.2) is 12.1 Å². The molecule has 0 fully saturated rings. The highest BCUT2D eigenvalue weighted by Gasteiger charge is 2.16. The third-order valence-corrected chi connectivity index (χ3v) is 2.63. The van der Waals surface area contributed by atoms with Crippen LogP contribution in [0.2, 0.25) is 5.02 Å². The first-order chi connectivity index (χ1) is 7.51.